The highest BCUT2D eigenvalue weighted by molar-refractivity contribution is 5.92. The Balaban J connectivity index is 1.54. The second kappa shape index (κ2) is 7.08. The number of nitrogens with one attached hydrogen (secondary N) is 1. The third-order valence-electron chi connectivity index (χ3n) is 4.22. The summed E-state index contributed by atoms with van der Waals surface area (Å²) in [5.41, 5.74) is 3.54. The summed E-state index contributed by atoms with van der Waals surface area (Å²) in [6, 6.07) is 20.3. The molecule has 0 fully saturated rings. The van der Waals surface area contributed by atoms with Crippen LogP contribution >= 0.6 is 0 Å². The van der Waals surface area contributed by atoms with Gasteiger partial charge >= 0.3 is 0 Å². The van der Waals surface area contributed by atoms with Gasteiger partial charge in [-0.3, -0.25) is 4.79 Å². The summed E-state index contributed by atoms with van der Waals surface area (Å²) in [5.74, 6) is 0.678. The van der Waals surface area contributed by atoms with Crippen molar-refractivity contribution in [3.63, 3.8) is 0 Å². The Labute approximate surface area is 131 Å². The van der Waals surface area contributed by atoms with Gasteiger partial charge in [-0.1, -0.05) is 60.2 Å². The zero-order valence-corrected chi connectivity index (χ0v) is 12.7. The lowest BCUT2D eigenvalue weighted by Gasteiger charge is -2.22. The number of carbonyl (C=O) groups is 1. The van der Waals surface area contributed by atoms with E-state index in [4.69, 9.17) is 0 Å². The second-order valence-electron chi connectivity index (χ2n) is 5.84. The van der Waals surface area contributed by atoms with Gasteiger partial charge in [0.15, 0.2) is 0 Å². The van der Waals surface area contributed by atoms with Crippen LogP contribution < -0.4 is 5.32 Å². The molecule has 22 heavy (non-hydrogen) atoms. The molecule has 1 aliphatic carbocycles. The summed E-state index contributed by atoms with van der Waals surface area (Å²) in [6.07, 6.45) is 5.95. The van der Waals surface area contributed by atoms with Crippen LogP contribution in [0.25, 0.3) is 0 Å². The van der Waals surface area contributed by atoms with E-state index in [-0.39, 0.29) is 5.91 Å². The van der Waals surface area contributed by atoms with E-state index in [0.29, 0.717) is 12.3 Å². The minimum atomic E-state index is 0.0793. The normalized spacial score (nSPS) is 17.6. The monoisotopic (exact) mass is 291 g/mol. The summed E-state index contributed by atoms with van der Waals surface area (Å²) in [7, 11) is 0. The molecule has 1 aliphatic rings. The molecule has 0 radical (unpaired) electrons. The maximum atomic E-state index is 12.1. The fourth-order valence-corrected chi connectivity index (χ4v) is 3.01. The molecule has 1 N–H and O–H groups in total. The quantitative estimate of drug-likeness (QED) is 0.797. The van der Waals surface area contributed by atoms with Crippen LogP contribution in [0.5, 0.6) is 0 Å². The van der Waals surface area contributed by atoms with Crippen LogP contribution in [0, 0.1) is 0 Å². The van der Waals surface area contributed by atoms with Crippen LogP contribution in [0.1, 0.15) is 37.2 Å². The molecule has 0 spiro atoms. The van der Waals surface area contributed by atoms with Gasteiger partial charge in [0, 0.05) is 12.1 Å². The number of para-hydroxylation sites is 1. The summed E-state index contributed by atoms with van der Waals surface area (Å²) in [6.45, 7) is 0. The van der Waals surface area contributed by atoms with E-state index in [0.717, 1.165) is 24.9 Å². The largest absolute Gasteiger partial charge is 0.326 e. The van der Waals surface area contributed by atoms with Gasteiger partial charge in [-0.2, -0.15) is 0 Å². The third kappa shape index (κ3) is 3.85. The highest BCUT2D eigenvalue weighted by Crippen LogP contribution is 2.33. The van der Waals surface area contributed by atoms with E-state index in [2.05, 4.69) is 41.7 Å². The van der Waals surface area contributed by atoms with Gasteiger partial charge < -0.3 is 5.32 Å². The average molecular weight is 291 g/mol. The minimum Gasteiger partial charge on any atom is -0.326 e. The van der Waals surface area contributed by atoms with Crippen molar-refractivity contribution in [1.29, 1.82) is 0 Å². The molecule has 0 saturated carbocycles. The molecule has 0 aliphatic heterocycles. The molecule has 0 heterocycles. The van der Waals surface area contributed by atoms with Crippen LogP contribution in [0.2, 0.25) is 0 Å². The predicted molar refractivity (Wildman–Crippen MR) is 90.8 cm³/mol. The van der Waals surface area contributed by atoms with Gasteiger partial charge in [-0.25, -0.2) is 0 Å². The van der Waals surface area contributed by atoms with Gasteiger partial charge in [0.05, 0.1) is 0 Å². The van der Waals surface area contributed by atoms with Crippen molar-refractivity contribution < 1.29 is 4.79 Å². The first-order valence-electron chi connectivity index (χ1n) is 7.89. The molecule has 2 aromatic carbocycles. The molecule has 1 atom stereocenters. The Kier molecular flexibility index (Phi) is 4.69. The van der Waals surface area contributed by atoms with Gasteiger partial charge in [-0.05, 0) is 42.9 Å². The lowest BCUT2D eigenvalue weighted by Crippen LogP contribution is -2.14. The average Bonchev–Trinajstić information content (AvgIpc) is 2.57. The topological polar surface area (TPSA) is 29.1 Å². The number of hydrogen-bond acceptors (Lipinski definition) is 1. The standard InChI is InChI=1S/C20H21NO/c22-20(21-19-9-5-2-6-10-19)15-16-11-13-18(14-12-16)17-7-3-1-4-8-17/h1-11,18H,12-15H2,(H,21,22). The van der Waals surface area contributed by atoms with Crippen molar-refractivity contribution in [1.82, 2.24) is 0 Å². The first-order valence-corrected chi connectivity index (χ1v) is 7.89. The number of hydrogen-bond donors (Lipinski definition) is 1. The fourth-order valence-electron chi connectivity index (χ4n) is 3.01. The van der Waals surface area contributed by atoms with Crippen molar-refractivity contribution in [3.8, 4) is 0 Å². The lowest BCUT2D eigenvalue weighted by atomic mass is 9.84. The smallest absolute Gasteiger partial charge is 0.228 e. The molecule has 112 valence electrons. The number of anilines is 1. The SMILES string of the molecule is O=C(CC1=CCC(c2ccccc2)CC1)Nc1ccccc1. The van der Waals surface area contributed by atoms with E-state index in [1.54, 1.807) is 0 Å². The highest BCUT2D eigenvalue weighted by Gasteiger charge is 2.17. The molecule has 0 bridgehead atoms. The molecule has 0 aromatic heterocycles. The van der Waals surface area contributed by atoms with Crippen molar-refractivity contribution in [2.75, 3.05) is 5.32 Å². The molecule has 2 heteroatoms. The predicted octanol–water partition coefficient (Wildman–Crippen LogP) is 4.91. The number of amides is 1. The first-order chi connectivity index (χ1) is 10.8. The van der Waals surface area contributed by atoms with Crippen LogP contribution in [-0.2, 0) is 4.79 Å². The van der Waals surface area contributed by atoms with Crippen LogP contribution in [0.3, 0.4) is 0 Å². The highest BCUT2D eigenvalue weighted by atomic mass is 16.1. The van der Waals surface area contributed by atoms with Crippen molar-refractivity contribution >= 4 is 11.6 Å². The number of carbonyl (C=O) groups excluding carboxylic acids is 1. The Morgan fingerprint density at radius 3 is 2.32 bits per heavy atom. The molecule has 1 unspecified atom stereocenters. The van der Waals surface area contributed by atoms with Gasteiger partial charge in [0.25, 0.3) is 0 Å². The maximum Gasteiger partial charge on any atom is 0.228 e. The summed E-state index contributed by atoms with van der Waals surface area (Å²) in [5, 5.41) is 2.95. The molecule has 0 saturated heterocycles. The summed E-state index contributed by atoms with van der Waals surface area (Å²) >= 11 is 0. The zero-order valence-electron chi connectivity index (χ0n) is 12.7. The molecular weight excluding hydrogens is 270 g/mol. The molecule has 1 amide bonds. The molecular formula is C20H21NO. The first kappa shape index (κ1) is 14.6. The number of benzene rings is 2. The Hall–Kier alpha value is -2.35. The van der Waals surface area contributed by atoms with Crippen molar-refractivity contribution in [2.24, 2.45) is 0 Å². The van der Waals surface area contributed by atoms with Crippen molar-refractivity contribution in [2.45, 2.75) is 31.6 Å². The summed E-state index contributed by atoms with van der Waals surface area (Å²) < 4.78 is 0. The van der Waals surface area contributed by atoms with E-state index < -0.39 is 0 Å². The fraction of sp³-hybridized carbons (Fsp3) is 0.250. The molecule has 2 nitrogen and oxygen atoms in total. The number of allylic oxidation sites excluding steroid dienone is 1. The second-order valence-corrected chi connectivity index (χ2v) is 5.84. The maximum absolute atomic E-state index is 12.1. The van der Waals surface area contributed by atoms with E-state index in [9.17, 15) is 4.79 Å². The Morgan fingerprint density at radius 2 is 1.68 bits per heavy atom. The molecule has 2 aromatic rings. The lowest BCUT2D eigenvalue weighted by molar-refractivity contribution is -0.115. The Bertz CT molecular complexity index is 646. The minimum absolute atomic E-state index is 0.0793. The summed E-state index contributed by atoms with van der Waals surface area (Å²) in [4.78, 5) is 12.1. The van der Waals surface area contributed by atoms with Gasteiger partial charge in [0.2, 0.25) is 5.91 Å². The van der Waals surface area contributed by atoms with E-state index in [1.165, 1.54) is 11.1 Å². The van der Waals surface area contributed by atoms with E-state index >= 15 is 0 Å². The van der Waals surface area contributed by atoms with E-state index in [1.807, 2.05) is 30.3 Å². The molecule has 3 rings (SSSR count). The third-order valence-corrected chi connectivity index (χ3v) is 4.22. The van der Waals surface area contributed by atoms with Crippen LogP contribution in [0.15, 0.2) is 72.3 Å². The Morgan fingerprint density at radius 1 is 1.00 bits per heavy atom. The van der Waals surface area contributed by atoms with Gasteiger partial charge in [0.1, 0.15) is 0 Å². The van der Waals surface area contributed by atoms with Crippen LogP contribution in [0.4, 0.5) is 5.69 Å². The van der Waals surface area contributed by atoms with Crippen molar-refractivity contribution in [3.05, 3.63) is 77.9 Å². The van der Waals surface area contributed by atoms with Crippen LogP contribution in [-0.4, -0.2) is 5.91 Å². The number of rotatable bonds is 4. The zero-order chi connectivity index (χ0) is 15.2. The van der Waals surface area contributed by atoms with Gasteiger partial charge in [-0.15, -0.1) is 0 Å².